The number of nitriles is 1. The Labute approximate surface area is 103 Å². The lowest BCUT2D eigenvalue weighted by Crippen LogP contribution is -1.93. The Kier molecular flexibility index (Phi) is 2.63. The van der Waals surface area contributed by atoms with E-state index in [1.54, 1.807) is 6.20 Å². The summed E-state index contributed by atoms with van der Waals surface area (Å²) in [5.74, 6) is 0. The van der Waals surface area contributed by atoms with Gasteiger partial charge in [-0.05, 0) is 37.9 Å². The van der Waals surface area contributed by atoms with Gasteiger partial charge in [0, 0.05) is 25.9 Å². The molecule has 0 amide bonds. The van der Waals surface area contributed by atoms with Gasteiger partial charge in [-0.15, -0.1) is 0 Å². The van der Waals surface area contributed by atoms with E-state index in [0.717, 1.165) is 19.7 Å². The van der Waals surface area contributed by atoms with E-state index < -0.39 is 0 Å². The molecule has 0 saturated heterocycles. The highest BCUT2D eigenvalue weighted by atomic mass is 79.9. The van der Waals surface area contributed by atoms with Gasteiger partial charge >= 0.3 is 0 Å². The first-order chi connectivity index (χ1) is 7.15. The van der Waals surface area contributed by atoms with E-state index in [9.17, 15) is 0 Å². The van der Waals surface area contributed by atoms with Crippen LogP contribution in [0, 0.1) is 11.3 Å². The van der Waals surface area contributed by atoms with Crippen molar-refractivity contribution in [1.29, 1.82) is 5.26 Å². The standard InChI is InChI=1S/C10H5Br2N3/c11-6-2-1-5-8(3-13)15-4-7(12)9(5)10(6)14/h1-2,4H,14H2. The minimum Gasteiger partial charge on any atom is -0.397 e. The van der Waals surface area contributed by atoms with Crippen LogP contribution >= 0.6 is 31.9 Å². The van der Waals surface area contributed by atoms with Crippen molar-refractivity contribution in [1.82, 2.24) is 4.98 Å². The molecule has 3 nitrogen and oxygen atoms in total. The summed E-state index contributed by atoms with van der Waals surface area (Å²) < 4.78 is 1.60. The Morgan fingerprint density at radius 3 is 2.67 bits per heavy atom. The molecule has 0 fully saturated rings. The van der Waals surface area contributed by atoms with E-state index in [4.69, 9.17) is 11.0 Å². The number of nitrogen functional groups attached to an aromatic ring is 1. The van der Waals surface area contributed by atoms with Gasteiger partial charge < -0.3 is 5.73 Å². The Hall–Kier alpha value is -1.12. The second-order valence-electron chi connectivity index (χ2n) is 2.95. The van der Waals surface area contributed by atoms with Gasteiger partial charge in [-0.3, -0.25) is 0 Å². The lowest BCUT2D eigenvalue weighted by Gasteiger charge is -2.06. The van der Waals surface area contributed by atoms with Gasteiger partial charge in [0.1, 0.15) is 11.8 Å². The summed E-state index contributed by atoms with van der Waals surface area (Å²) in [4.78, 5) is 4.02. The zero-order valence-electron chi connectivity index (χ0n) is 7.46. The molecule has 0 aliphatic carbocycles. The third kappa shape index (κ3) is 1.60. The fraction of sp³-hybridized carbons (Fsp3) is 0. The number of aromatic nitrogens is 1. The second kappa shape index (κ2) is 3.80. The summed E-state index contributed by atoms with van der Waals surface area (Å²) in [5.41, 5.74) is 6.92. The van der Waals surface area contributed by atoms with Crippen molar-refractivity contribution >= 4 is 48.3 Å². The Morgan fingerprint density at radius 1 is 1.27 bits per heavy atom. The fourth-order valence-electron chi connectivity index (χ4n) is 1.39. The second-order valence-corrected chi connectivity index (χ2v) is 4.66. The Bertz CT molecular complexity index is 587. The maximum atomic E-state index is 8.91. The lowest BCUT2D eigenvalue weighted by atomic mass is 10.1. The predicted molar refractivity (Wildman–Crippen MR) is 66.3 cm³/mol. The number of nitrogens with two attached hydrogens (primary N) is 1. The molecule has 0 spiro atoms. The number of anilines is 1. The van der Waals surface area contributed by atoms with Crippen LogP contribution in [0.25, 0.3) is 10.8 Å². The van der Waals surface area contributed by atoms with Gasteiger partial charge in [0.2, 0.25) is 0 Å². The third-order valence-electron chi connectivity index (χ3n) is 2.10. The van der Waals surface area contributed by atoms with Crippen LogP contribution in [-0.2, 0) is 0 Å². The number of hydrogen-bond acceptors (Lipinski definition) is 3. The number of benzene rings is 1. The summed E-state index contributed by atoms with van der Waals surface area (Å²) in [5, 5.41) is 10.5. The molecule has 0 radical (unpaired) electrons. The van der Waals surface area contributed by atoms with Crippen molar-refractivity contribution in [3.63, 3.8) is 0 Å². The number of hydrogen-bond donors (Lipinski definition) is 1. The third-order valence-corrected chi connectivity index (χ3v) is 3.39. The maximum Gasteiger partial charge on any atom is 0.148 e. The summed E-state index contributed by atoms with van der Waals surface area (Å²) in [6.07, 6.45) is 1.59. The van der Waals surface area contributed by atoms with Crippen LogP contribution < -0.4 is 5.73 Å². The number of nitrogens with zero attached hydrogens (tertiary/aromatic N) is 2. The molecule has 1 aromatic heterocycles. The number of halogens is 2. The number of pyridine rings is 1. The van der Waals surface area contributed by atoms with Gasteiger partial charge in [0.05, 0.1) is 5.69 Å². The van der Waals surface area contributed by atoms with Crippen LogP contribution in [0.3, 0.4) is 0 Å². The van der Waals surface area contributed by atoms with Crippen molar-refractivity contribution in [2.24, 2.45) is 0 Å². The van der Waals surface area contributed by atoms with E-state index in [1.807, 2.05) is 18.2 Å². The lowest BCUT2D eigenvalue weighted by molar-refractivity contribution is 1.28. The molecule has 0 unspecified atom stereocenters. The van der Waals surface area contributed by atoms with E-state index >= 15 is 0 Å². The van der Waals surface area contributed by atoms with Crippen LogP contribution in [0.5, 0.6) is 0 Å². The van der Waals surface area contributed by atoms with Crippen LogP contribution in [0.2, 0.25) is 0 Å². The van der Waals surface area contributed by atoms with Gasteiger partial charge in [0.15, 0.2) is 0 Å². The molecule has 2 aromatic rings. The Morgan fingerprint density at radius 2 is 2.00 bits per heavy atom. The smallest absolute Gasteiger partial charge is 0.148 e. The molecule has 2 N–H and O–H groups in total. The van der Waals surface area contributed by atoms with Gasteiger partial charge in [-0.2, -0.15) is 5.26 Å². The summed E-state index contributed by atoms with van der Waals surface area (Å²) >= 11 is 6.72. The zero-order chi connectivity index (χ0) is 11.0. The molecule has 2 rings (SSSR count). The molecule has 0 saturated carbocycles. The van der Waals surface area contributed by atoms with E-state index in [0.29, 0.717) is 11.4 Å². The van der Waals surface area contributed by atoms with Crippen molar-refractivity contribution in [3.05, 3.63) is 33.0 Å². The van der Waals surface area contributed by atoms with Crippen molar-refractivity contribution in [2.75, 3.05) is 5.73 Å². The Balaban J connectivity index is 3.02. The summed E-state index contributed by atoms with van der Waals surface area (Å²) in [6, 6.07) is 5.68. The fourth-order valence-corrected chi connectivity index (χ4v) is 2.25. The molecule has 15 heavy (non-hydrogen) atoms. The molecule has 74 valence electrons. The minimum atomic E-state index is 0.382. The van der Waals surface area contributed by atoms with Crippen LogP contribution in [0.4, 0.5) is 5.69 Å². The van der Waals surface area contributed by atoms with Gasteiger partial charge in [-0.1, -0.05) is 6.07 Å². The van der Waals surface area contributed by atoms with Crippen LogP contribution in [0.15, 0.2) is 27.3 Å². The molecular formula is C10H5Br2N3. The SMILES string of the molecule is N#Cc1ncc(Br)c2c(N)c(Br)ccc12. The monoisotopic (exact) mass is 325 g/mol. The van der Waals surface area contributed by atoms with E-state index in [-0.39, 0.29) is 0 Å². The molecule has 1 heterocycles. The molecule has 5 heteroatoms. The molecule has 0 atom stereocenters. The van der Waals surface area contributed by atoms with Crippen LogP contribution in [-0.4, -0.2) is 4.98 Å². The number of fused-ring (bicyclic) bond motifs is 1. The first-order valence-corrected chi connectivity index (χ1v) is 5.66. The quantitative estimate of drug-likeness (QED) is 0.756. The van der Waals surface area contributed by atoms with Crippen LogP contribution in [0.1, 0.15) is 5.69 Å². The highest BCUT2D eigenvalue weighted by molar-refractivity contribution is 9.11. The molecule has 0 bridgehead atoms. The van der Waals surface area contributed by atoms with Crippen molar-refractivity contribution in [3.8, 4) is 6.07 Å². The van der Waals surface area contributed by atoms with Gasteiger partial charge in [-0.25, -0.2) is 4.98 Å². The normalized spacial score (nSPS) is 10.2. The number of rotatable bonds is 0. The maximum absolute atomic E-state index is 8.91. The zero-order valence-corrected chi connectivity index (χ0v) is 10.6. The van der Waals surface area contributed by atoms with Gasteiger partial charge in [0.25, 0.3) is 0 Å². The van der Waals surface area contributed by atoms with Crippen molar-refractivity contribution in [2.45, 2.75) is 0 Å². The molecule has 1 aromatic carbocycles. The molecular weight excluding hydrogens is 322 g/mol. The average molecular weight is 327 g/mol. The summed E-state index contributed by atoms with van der Waals surface area (Å²) in [6.45, 7) is 0. The summed E-state index contributed by atoms with van der Waals surface area (Å²) in [7, 11) is 0. The topological polar surface area (TPSA) is 62.7 Å². The minimum absolute atomic E-state index is 0.382. The highest BCUT2D eigenvalue weighted by Crippen LogP contribution is 2.34. The molecule has 0 aliphatic heterocycles. The first-order valence-electron chi connectivity index (χ1n) is 4.07. The first kappa shape index (κ1) is 10.4. The van der Waals surface area contributed by atoms with E-state index in [2.05, 4.69) is 36.8 Å². The molecule has 0 aliphatic rings. The predicted octanol–water partition coefficient (Wildman–Crippen LogP) is 3.21. The van der Waals surface area contributed by atoms with E-state index in [1.165, 1.54) is 0 Å². The largest absolute Gasteiger partial charge is 0.397 e. The average Bonchev–Trinajstić information content (AvgIpc) is 2.24. The highest BCUT2D eigenvalue weighted by Gasteiger charge is 2.10. The van der Waals surface area contributed by atoms with Crippen molar-refractivity contribution < 1.29 is 0 Å².